The van der Waals surface area contributed by atoms with Crippen LogP contribution < -0.4 is 15.7 Å². The molecular weight excluding hydrogens is 354 g/mol. The molecule has 1 aliphatic rings. The molecule has 0 saturated carbocycles. The number of amides is 1. The molecule has 5 heteroatoms. The van der Waals surface area contributed by atoms with Crippen molar-refractivity contribution in [1.82, 2.24) is 5.32 Å². The van der Waals surface area contributed by atoms with Gasteiger partial charge in [0.05, 0.1) is 6.04 Å². The maximum atomic E-state index is 12.3. The Labute approximate surface area is 163 Å². The molecule has 1 amide bonds. The van der Waals surface area contributed by atoms with Crippen LogP contribution in [0.5, 0.6) is 5.75 Å². The molecule has 0 bridgehead atoms. The van der Waals surface area contributed by atoms with Crippen LogP contribution in [0, 0.1) is 6.92 Å². The van der Waals surface area contributed by atoms with Crippen molar-refractivity contribution in [2.24, 2.45) is 0 Å². The molecule has 1 aromatic heterocycles. The van der Waals surface area contributed by atoms with E-state index >= 15 is 0 Å². The van der Waals surface area contributed by atoms with Crippen LogP contribution in [-0.2, 0) is 17.6 Å². The summed E-state index contributed by atoms with van der Waals surface area (Å²) in [7, 11) is 0. The average molecular weight is 377 g/mol. The minimum absolute atomic E-state index is 0.100. The second-order valence-electron chi connectivity index (χ2n) is 7.29. The van der Waals surface area contributed by atoms with Gasteiger partial charge in [0, 0.05) is 17.0 Å². The van der Waals surface area contributed by atoms with Crippen LogP contribution in [0.2, 0.25) is 0 Å². The third-order valence-corrected chi connectivity index (χ3v) is 5.35. The zero-order valence-electron chi connectivity index (χ0n) is 16.1. The molecule has 1 aliphatic carbocycles. The van der Waals surface area contributed by atoms with Gasteiger partial charge in [-0.2, -0.15) is 0 Å². The molecule has 1 N–H and O–H groups in total. The maximum absolute atomic E-state index is 12.3. The standard InChI is InChI=1S/C23H23NO4/c1-14-6-3-4-7-17(14)15(2)24-22(25)13-27-16-10-11-19-18-8-5-9-20(18)23(26)28-21(19)12-16/h3-4,6-7,10-12,15H,5,8-9,13H2,1-2H3,(H,24,25)/t15-/m1/s1. The first kappa shape index (κ1) is 18.3. The van der Waals surface area contributed by atoms with E-state index in [1.54, 1.807) is 6.07 Å². The van der Waals surface area contributed by atoms with E-state index in [1.807, 2.05) is 50.2 Å². The van der Waals surface area contributed by atoms with Crippen LogP contribution in [0.15, 0.2) is 51.7 Å². The van der Waals surface area contributed by atoms with Crippen molar-refractivity contribution in [1.29, 1.82) is 0 Å². The molecule has 0 spiro atoms. The molecular formula is C23H23NO4. The molecule has 0 aliphatic heterocycles. The number of nitrogens with one attached hydrogen (secondary N) is 1. The predicted molar refractivity (Wildman–Crippen MR) is 108 cm³/mol. The number of aryl methyl sites for hydroxylation is 2. The van der Waals surface area contributed by atoms with E-state index in [1.165, 1.54) is 0 Å². The summed E-state index contributed by atoms with van der Waals surface area (Å²) >= 11 is 0. The zero-order chi connectivity index (χ0) is 19.7. The second-order valence-corrected chi connectivity index (χ2v) is 7.29. The zero-order valence-corrected chi connectivity index (χ0v) is 16.1. The van der Waals surface area contributed by atoms with Crippen molar-refractivity contribution in [3.8, 4) is 5.75 Å². The third-order valence-electron chi connectivity index (χ3n) is 5.35. The van der Waals surface area contributed by atoms with Gasteiger partial charge in [0.2, 0.25) is 0 Å². The van der Waals surface area contributed by atoms with Gasteiger partial charge in [-0.25, -0.2) is 4.79 Å². The van der Waals surface area contributed by atoms with Crippen LogP contribution in [0.4, 0.5) is 0 Å². The predicted octanol–water partition coefficient (Wildman–Crippen LogP) is 3.85. The maximum Gasteiger partial charge on any atom is 0.339 e. The van der Waals surface area contributed by atoms with Crippen molar-refractivity contribution in [3.63, 3.8) is 0 Å². The lowest BCUT2D eigenvalue weighted by molar-refractivity contribution is -0.123. The Morgan fingerprint density at radius 3 is 2.79 bits per heavy atom. The van der Waals surface area contributed by atoms with Crippen molar-refractivity contribution in [2.45, 2.75) is 39.2 Å². The highest BCUT2D eigenvalue weighted by Gasteiger charge is 2.20. The summed E-state index contributed by atoms with van der Waals surface area (Å²) in [5, 5.41) is 3.91. The smallest absolute Gasteiger partial charge is 0.339 e. The van der Waals surface area contributed by atoms with Gasteiger partial charge in [0.15, 0.2) is 6.61 Å². The summed E-state index contributed by atoms with van der Waals surface area (Å²) in [5.74, 6) is 0.304. The van der Waals surface area contributed by atoms with Crippen LogP contribution in [-0.4, -0.2) is 12.5 Å². The molecule has 5 nitrogen and oxygen atoms in total. The SMILES string of the molecule is Cc1ccccc1[C@@H](C)NC(=O)COc1ccc2c3c(c(=O)oc2c1)CCC3. The van der Waals surface area contributed by atoms with Gasteiger partial charge in [-0.1, -0.05) is 24.3 Å². The van der Waals surface area contributed by atoms with Crippen molar-refractivity contribution >= 4 is 16.9 Å². The van der Waals surface area contributed by atoms with Gasteiger partial charge in [0.1, 0.15) is 11.3 Å². The second kappa shape index (κ2) is 7.50. The van der Waals surface area contributed by atoms with Crippen LogP contribution in [0.1, 0.15) is 41.6 Å². The lowest BCUT2D eigenvalue weighted by atomic mass is 10.0. The van der Waals surface area contributed by atoms with E-state index in [-0.39, 0.29) is 24.2 Å². The van der Waals surface area contributed by atoms with E-state index in [2.05, 4.69) is 5.32 Å². The molecule has 0 unspecified atom stereocenters. The molecule has 4 rings (SSSR count). The molecule has 0 saturated heterocycles. The van der Waals surface area contributed by atoms with Gasteiger partial charge in [-0.05, 0) is 61.9 Å². The third kappa shape index (κ3) is 3.52. The molecule has 0 radical (unpaired) electrons. The fourth-order valence-electron chi connectivity index (χ4n) is 3.94. The number of hydrogen-bond acceptors (Lipinski definition) is 4. The minimum atomic E-state index is -0.262. The average Bonchev–Trinajstić information content (AvgIpc) is 3.17. The summed E-state index contributed by atoms with van der Waals surface area (Å²) in [6.45, 7) is 3.87. The highest BCUT2D eigenvalue weighted by molar-refractivity contribution is 5.83. The number of fused-ring (bicyclic) bond motifs is 3. The fourth-order valence-corrected chi connectivity index (χ4v) is 3.94. The van der Waals surface area contributed by atoms with Gasteiger partial charge in [-0.3, -0.25) is 4.79 Å². The Bertz CT molecular complexity index is 1100. The Morgan fingerprint density at radius 1 is 1.18 bits per heavy atom. The lowest BCUT2D eigenvalue weighted by Crippen LogP contribution is -2.31. The Hall–Kier alpha value is -3.08. The highest BCUT2D eigenvalue weighted by atomic mass is 16.5. The fraction of sp³-hybridized carbons (Fsp3) is 0.304. The number of benzene rings is 2. The highest BCUT2D eigenvalue weighted by Crippen LogP contribution is 2.29. The monoisotopic (exact) mass is 377 g/mol. The molecule has 144 valence electrons. The molecule has 2 aromatic carbocycles. The van der Waals surface area contributed by atoms with E-state index in [0.717, 1.165) is 46.9 Å². The van der Waals surface area contributed by atoms with Crippen LogP contribution in [0.3, 0.4) is 0 Å². The molecule has 1 atom stereocenters. The van der Waals surface area contributed by atoms with E-state index in [4.69, 9.17) is 9.15 Å². The number of carbonyl (C=O) groups is 1. The quantitative estimate of drug-likeness (QED) is 0.686. The largest absolute Gasteiger partial charge is 0.484 e. The first-order valence-corrected chi connectivity index (χ1v) is 9.59. The van der Waals surface area contributed by atoms with Gasteiger partial charge >= 0.3 is 5.63 Å². The molecule has 1 heterocycles. The van der Waals surface area contributed by atoms with E-state index < -0.39 is 0 Å². The summed E-state index contributed by atoms with van der Waals surface area (Å²) in [6.07, 6.45) is 2.67. The first-order chi connectivity index (χ1) is 13.5. The number of carbonyl (C=O) groups excluding carboxylic acids is 1. The Morgan fingerprint density at radius 2 is 1.96 bits per heavy atom. The van der Waals surface area contributed by atoms with Gasteiger partial charge in [0.25, 0.3) is 5.91 Å². The normalized spacial score (nSPS) is 13.9. The number of ether oxygens (including phenoxy) is 1. The number of rotatable bonds is 5. The Balaban J connectivity index is 1.44. The Kier molecular flexibility index (Phi) is 4.90. The van der Waals surface area contributed by atoms with E-state index in [9.17, 15) is 9.59 Å². The van der Waals surface area contributed by atoms with Gasteiger partial charge in [-0.15, -0.1) is 0 Å². The van der Waals surface area contributed by atoms with Crippen molar-refractivity contribution in [2.75, 3.05) is 6.61 Å². The molecule has 0 fully saturated rings. The van der Waals surface area contributed by atoms with Crippen LogP contribution >= 0.6 is 0 Å². The van der Waals surface area contributed by atoms with Crippen LogP contribution in [0.25, 0.3) is 11.0 Å². The lowest BCUT2D eigenvalue weighted by Gasteiger charge is -2.17. The summed E-state index contributed by atoms with van der Waals surface area (Å²) in [6, 6.07) is 13.3. The number of hydrogen-bond donors (Lipinski definition) is 1. The van der Waals surface area contributed by atoms with Gasteiger partial charge < -0.3 is 14.5 Å². The van der Waals surface area contributed by atoms with E-state index in [0.29, 0.717) is 11.3 Å². The topological polar surface area (TPSA) is 68.5 Å². The molecule has 3 aromatic rings. The summed E-state index contributed by atoms with van der Waals surface area (Å²) in [4.78, 5) is 24.4. The first-order valence-electron chi connectivity index (χ1n) is 9.59. The summed E-state index contributed by atoms with van der Waals surface area (Å²) in [5.41, 5.74) is 4.35. The van der Waals surface area contributed by atoms with Crippen molar-refractivity contribution in [3.05, 3.63) is 75.1 Å². The van der Waals surface area contributed by atoms with Crippen molar-refractivity contribution < 1.29 is 13.9 Å². The molecule has 28 heavy (non-hydrogen) atoms. The summed E-state index contributed by atoms with van der Waals surface area (Å²) < 4.78 is 11.1. The minimum Gasteiger partial charge on any atom is -0.484 e.